The highest BCUT2D eigenvalue weighted by Crippen LogP contribution is 2.09. The van der Waals surface area contributed by atoms with Crippen LogP contribution >= 0.6 is 0 Å². The predicted molar refractivity (Wildman–Crippen MR) is 71.1 cm³/mol. The molecule has 3 unspecified atom stereocenters. The second kappa shape index (κ2) is 8.91. The molecule has 0 heterocycles. The first-order chi connectivity index (χ1) is 8.38. The summed E-state index contributed by atoms with van der Waals surface area (Å²) in [6.07, 6.45) is 3.14. The van der Waals surface area contributed by atoms with Crippen LogP contribution < -0.4 is 11.1 Å². The molecule has 0 spiro atoms. The third-order valence-corrected chi connectivity index (χ3v) is 3.11. The summed E-state index contributed by atoms with van der Waals surface area (Å²) in [7, 11) is 0. The Bertz CT molecular complexity index is 267. The van der Waals surface area contributed by atoms with Gasteiger partial charge < -0.3 is 16.2 Å². The highest BCUT2D eigenvalue weighted by molar-refractivity contribution is 5.79. The molecule has 0 aromatic carbocycles. The largest absolute Gasteiger partial charge is 0.481 e. The van der Waals surface area contributed by atoms with Crippen LogP contribution in [0.2, 0.25) is 0 Å². The Hall–Kier alpha value is -1.10. The van der Waals surface area contributed by atoms with Crippen LogP contribution in [0.1, 0.15) is 46.5 Å². The minimum Gasteiger partial charge on any atom is -0.481 e. The van der Waals surface area contributed by atoms with E-state index in [0.29, 0.717) is 6.42 Å². The molecule has 106 valence electrons. The van der Waals surface area contributed by atoms with Crippen molar-refractivity contribution in [3.8, 4) is 0 Å². The molecule has 0 radical (unpaired) electrons. The number of hydrogen-bond acceptors (Lipinski definition) is 3. The summed E-state index contributed by atoms with van der Waals surface area (Å²) in [5.41, 5.74) is 5.64. The molecule has 18 heavy (non-hydrogen) atoms. The van der Waals surface area contributed by atoms with Crippen molar-refractivity contribution in [3.63, 3.8) is 0 Å². The van der Waals surface area contributed by atoms with Crippen LogP contribution in [-0.2, 0) is 9.59 Å². The summed E-state index contributed by atoms with van der Waals surface area (Å²) in [6, 6.07) is 0.164. The smallest absolute Gasteiger partial charge is 0.308 e. The molecule has 5 heteroatoms. The summed E-state index contributed by atoms with van der Waals surface area (Å²) < 4.78 is 0. The third-order valence-electron chi connectivity index (χ3n) is 3.11. The Balaban J connectivity index is 3.90. The van der Waals surface area contributed by atoms with Crippen LogP contribution in [-0.4, -0.2) is 29.6 Å². The molecular formula is C13H26N2O3. The van der Waals surface area contributed by atoms with E-state index in [1.807, 2.05) is 13.8 Å². The maximum Gasteiger partial charge on any atom is 0.308 e. The first-order valence-electron chi connectivity index (χ1n) is 6.64. The zero-order valence-electron chi connectivity index (χ0n) is 11.6. The van der Waals surface area contributed by atoms with E-state index in [0.717, 1.165) is 19.3 Å². The van der Waals surface area contributed by atoms with Gasteiger partial charge >= 0.3 is 5.97 Å². The van der Waals surface area contributed by atoms with E-state index in [-0.39, 0.29) is 24.4 Å². The van der Waals surface area contributed by atoms with Crippen molar-refractivity contribution >= 4 is 11.9 Å². The van der Waals surface area contributed by atoms with Gasteiger partial charge in [-0.25, -0.2) is 0 Å². The molecule has 1 amide bonds. The topological polar surface area (TPSA) is 92.4 Å². The third kappa shape index (κ3) is 7.27. The van der Waals surface area contributed by atoms with Crippen LogP contribution in [0.25, 0.3) is 0 Å². The Morgan fingerprint density at radius 3 is 2.33 bits per heavy atom. The van der Waals surface area contributed by atoms with E-state index in [1.54, 1.807) is 6.92 Å². The summed E-state index contributed by atoms with van der Waals surface area (Å²) >= 11 is 0. The fourth-order valence-corrected chi connectivity index (χ4v) is 1.68. The molecule has 0 aliphatic heterocycles. The summed E-state index contributed by atoms with van der Waals surface area (Å²) in [5, 5.41) is 11.6. The lowest BCUT2D eigenvalue weighted by Gasteiger charge is -2.15. The van der Waals surface area contributed by atoms with Crippen LogP contribution in [0.4, 0.5) is 0 Å². The molecule has 0 aromatic rings. The van der Waals surface area contributed by atoms with Gasteiger partial charge in [0.15, 0.2) is 0 Å². The molecular weight excluding hydrogens is 232 g/mol. The van der Waals surface area contributed by atoms with Crippen molar-refractivity contribution in [1.29, 1.82) is 0 Å². The molecule has 0 rings (SSSR count). The zero-order chi connectivity index (χ0) is 14.1. The molecule has 0 aliphatic carbocycles. The normalized spacial score (nSPS) is 15.8. The van der Waals surface area contributed by atoms with E-state index < -0.39 is 11.9 Å². The average molecular weight is 258 g/mol. The maximum atomic E-state index is 11.7. The molecule has 5 nitrogen and oxygen atoms in total. The van der Waals surface area contributed by atoms with E-state index in [2.05, 4.69) is 5.32 Å². The molecule has 0 aliphatic rings. The van der Waals surface area contributed by atoms with Gasteiger partial charge in [0, 0.05) is 18.5 Å². The highest BCUT2D eigenvalue weighted by atomic mass is 16.4. The monoisotopic (exact) mass is 258 g/mol. The first kappa shape index (κ1) is 16.9. The second-order valence-corrected chi connectivity index (χ2v) is 5.00. The highest BCUT2D eigenvalue weighted by Gasteiger charge is 2.18. The maximum absolute atomic E-state index is 11.7. The lowest BCUT2D eigenvalue weighted by molar-refractivity contribution is -0.141. The molecule has 3 atom stereocenters. The number of carbonyl (C=O) groups excluding carboxylic acids is 1. The van der Waals surface area contributed by atoms with Gasteiger partial charge in [-0.05, 0) is 26.2 Å². The Labute approximate surface area is 109 Å². The number of carboxylic acid groups (broad SMARTS) is 1. The van der Waals surface area contributed by atoms with Gasteiger partial charge in [-0.1, -0.05) is 20.3 Å². The summed E-state index contributed by atoms with van der Waals surface area (Å²) in [5.74, 6) is -1.51. The number of nitrogens with one attached hydrogen (secondary N) is 1. The zero-order valence-corrected chi connectivity index (χ0v) is 11.6. The number of nitrogens with two attached hydrogens (primary N) is 1. The molecule has 0 saturated heterocycles. The average Bonchev–Trinajstić information content (AvgIpc) is 2.28. The molecule has 0 bridgehead atoms. The number of rotatable bonds is 9. The van der Waals surface area contributed by atoms with Crippen molar-refractivity contribution in [2.24, 2.45) is 17.6 Å². The summed E-state index contributed by atoms with van der Waals surface area (Å²) in [4.78, 5) is 22.5. The van der Waals surface area contributed by atoms with Gasteiger partial charge in [-0.2, -0.15) is 0 Å². The van der Waals surface area contributed by atoms with Crippen molar-refractivity contribution in [2.75, 3.05) is 6.54 Å². The fourth-order valence-electron chi connectivity index (χ4n) is 1.68. The number of hydrogen-bond donors (Lipinski definition) is 3. The number of carbonyl (C=O) groups is 2. The number of aliphatic carboxylic acids is 1. The van der Waals surface area contributed by atoms with Gasteiger partial charge in [0.05, 0.1) is 5.92 Å². The SMILES string of the molecule is CCC(CNC(=O)C(C)CCCC(C)N)C(=O)O. The minimum absolute atomic E-state index is 0.0700. The Morgan fingerprint density at radius 1 is 1.28 bits per heavy atom. The van der Waals surface area contributed by atoms with E-state index in [9.17, 15) is 9.59 Å². The lowest BCUT2D eigenvalue weighted by Crippen LogP contribution is -2.35. The van der Waals surface area contributed by atoms with Crippen molar-refractivity contribution in [1.82, 2.24) is 5.32 Å². The first-order valence-corrected chi connectivity index (χ1v) is 6.64. The molecule has 0 fully saturated rings. The standard InChI is InChI=1S/C13H26N2O3/c1-4-11(13(17)18)8-15-12(16)9(2)6-5-7-10(3)14/h9-11H,4-8,14H2,1-3H3,(H,15,16)(H,17,18). The van der Waals surface area contributed by atoms with Gasteiger partial charge in [-0.3, -0.25) is 9.59 Å². The van der Waals surface area contributed by atoms with E-state index in [4.69, 9.17) is 10.8 Å². The number of amides is 1. The van der Waals surface area contributed by atoms with Crippen LogP contribution in [0.15, 0.2) is 0 Å². The fraction of sp³-hybridized carbons (Fsp3) is 0.846. The molecule has 0 aromatic heterocycles. The lowest BCUT2D eigenvalue weighted by atomic mass is 10.0. The Kier molecular flexibility index (Phi) is 8.37. The van der Waals surface area contributed by atoms with Gasteiger partial charge in [0.2, 0.25) is 5.91 Å². The second-order valence-electron chi connectivity index (χ2n) is 5.00. The van der Waals surface area contributed by atoms with Gasteiger partial charge in [-0.15, -0.1) is 0 Å². The van der Waals surface area contributed by atoms with Crippen LogP contribution in [0.5, 0.6) is 0 Å². The van der Waals surface area contributed by atoms with Crippen LogP contribution in [0, 0.1) is 11.8 Å². The predicted octanol–water partition coefficient (Wildman–Crippen LogP) is 1.37. The Morgan fingerprint density at radius 2 is 1.89 bits per heavy atom. The summed E-state index contributed by atoms with van der Waals surface area (Å²) in [6.45, 7) is 5.82. The quantitative estimate of drug-likeness (QED) is 0.582. The number of carboxylic acids is 1. The van der Waals surface area contributed by atoms with E-state index >= 15 is 0 Å². The molecule has 4 N–H and O–H groups in total. The van der Waals surface area contributed by atoms with Crippen molar-refractivity contribution in [3.05, 3.63) is 0 Å². The van der Waals surface area contributed by atoms with Crippen LogP contribution in [0.3, 0.4) is 0 Å². The van der Waals surface area contributed by atoms with Crippen molar-refractivity contribution < 1.29 is 14.7 Å². The van der Waals surface area contributed by atoms with Gasteiger partial charge in [0.1, 0.15) is 0 Å². The van der Waals surface area contributed by atoms with Crippen molar-refractivity contribution in [2.45, 2.75) is 52.5 Å². The minimum atomic E-state index is -0.859. The molecule has 0 saturated carbocycles. The van der Waals surface area contributed by atoms with E-state index in [1.165, 1.54) is 0 Å². The van der Waals surface area contributed by atoms with Gasteiger partial charge in [0.25, 0.3) is 0 Å².